The predicted octanol–water partition coefficient (Wildman–Crippen LogP) is 3.34. The first-order chi connectivity index (χ1) is 7.49. The Bertz CT molecular complexity index is 379. The second kappa shape index (κ2) is 6.38. The molecule has 4 heteroatoms. The molecule has 0 aliphatic carbocycles. The van der Waals surface area contributed by atoms with Crippen molar-refractivity contribution >= 4 is 33.3 Å². The fourth-order valence-electron chi connectivity index (χ4n) is 1.35. The van der Waals surface area contributed by atoms with Crippen molar-refractivity contribution in [3.05, 3.63) is 33.3 Å². The molecule has 0 amide bonds. The van der Waals surface area contributed by atoms with Crippen LogP contribution in [0.3, 0.4) is 0 Å². The molecule has 0 heterocycles. The van der Waals surface area contributed by atoms with E-state index in [1.54, 1.807) is 6.07 Å². The van der Waals surface area contributed by atoms with Gasteiger partial charge in [0.15, 0.2) is 0 Å². The number of carbonyl (C=O) groups is 1. The van der Waals surface area contributed by atoms with E-state index in [-0.39, 0.29) is 11.8 Å². The number of nitrogens with two attached hydrogens (primary N) is 1. The van der Waals surface area contributed by atoms with E-state index in [1.807, 2.05) is 19.1 Å². The Morgan fingerprint density at radius 1 is 1.56 bits per heavy atom. The molecule has 0 spiro atoms. The average molecular weight is 305 g/mol. The molecule has 16 heavy (non-hydrogen) atoms. The number of benzene rings is 1. The van der Waals surface area contributed by atoms with Crippen molar-refractivity contribution in [1.29, 1.82) is 0 Å². The van der Waals surface area contributed by atoms with Gasteiger partial charge in [-0.05, 0) is 31.0 Å². The predicted molar refractivity (Wildman–Crippen MR) is 70.7 cm³/mol. The maximum absolute atomic E-state index is 11.6. The number of Topliss-reactive ketones (excluding diaryl/α,β-unsaturated/α-hetero) is 1. The second-order valence-corrected chi connectivity index (χ2v) is 5.29. The molecule has 2 N–H and O–H groups in total. The third-order valence-corrected chi connectivity index (χ3v) is 3.13. The van der Waals surface area contributed by atoms with Gasteiger partial charge in [0.05, 0.1) is 0 Å². The van der Waals surface area contributed by atoms with Gasteiger partial charge in [-0.3, -0.25) is 4.79 Å². The lowest BCUT2D eigenvalue weighted by molar-refractivity contribution is -0.118. The van der Waals surface area contributed by atoms with Crippen LogP contribution in [0.4, 0.5) is 0 Å². The first-order valence-electron chi connectivity index (χ1n) is 5.20. The summed E-state index contributed by atoms with van der Waals surface area (Å²) in [6, 6.07) is 5.63. The molecule has 0 saturated carbocycles. The van der Waals surface area contributed by atoms with E-state index in [2.05, 4.69) is 15.9 Å². The average Bonchev–Trinajstić information content (AvgIpc) is 2.19. The summed E-state index contributed by atoms with van der Waals surface area (Å²) in [5, 5.41) is 0.628. The zero-order chi connectivity index (χ0) is 12.1. The van der Waals surface area contributed by atoms with Crippen LogP contribution in [0.1, 0.15) is 25.3 Å². The Kier molecular flexibility index (Phi) is 5.46. The highest BCUT2D eigenvalue weighted by molar-refractivity contribution is 9.10. The molecule has 0 saturated heterocycles. The summed E-state index contributed by atoms with van der Waals surface area (Å²) < 4.78 is 0.921. The van der Waals surface area contributed by atoms with E-state index in [4.69, 9.17) is 17.3 Å². The van der Waals surface area contributed by atoms with Gasteiger partial charge in [0, 0.05) is 28.4 Å². The van der Waals surface area contributed by atoms with Gasteiger partial charge in [-0.25, -0.2) is 0 Å². The largest absolute Gasteiger partial charge is 0.328 e. The lowest BCUT2D eigenvalue weighted by Crippen LogP contribution is -2.17. The standard InChI is InChI=1S/C12H15BrClNO/c1-8(15)2-5-11(16)6-9-3-4-10(13)7-12(9)14/h3-4,7-8H,2,5-6,15H2,1H3. The smallest absolute Gasteiger partial charge is 0.137 e. The Morgan fingerprint density at radius 2 is 2.25 bits per heavy atom. The summed E-state index contributed by atoms with van der Waals surface area (Å²) >= 11 is 9.36. The molecule has 0 aliphatic rings. The zero-order valence-electron chi connectivity index (χ0n) is 9.17. The normalized spacial score (nSPS) is 12.5. The summed E-state index contributed by atoms with van der Waals surface area (Å²) in [5.41, 5.74) is 6.47. The molecule has 0 bridgehead atoms. The molecule has 0 aromatic heterocycles. The van der Waals surface area contributed by atoms with Gasteiger partial charge in [0.1, 0.15) is 5.78 Å². The van der Waals surface area contributed by atoms with Crippen LogP contribution in [-0.4, -0.2) is 11.8 Å². The maximum atomic E-state index is 11.6. The topological polar surface area (TPSA) is 43.1 Å². The van der Waals surface area contributed by atoms with Gasteiger partial charge in [-0.2, -0.15) is 0 Å². The number of halogens is 2. The van der Waals surface area contributed by atoms with Crippen LogP contribution >= 0.6 is 27.5 Å². The minimum Gasteiger partial charge on any atom is -0.328 e. The van der Waals surface area contributed by atoms with Gasteiger partial charge < -0.3 is 5.73 Å². The molecule has 0 radical (unpaired) electrons. The van der Waals surface area contributed by atoms with Crippen LogP contribution < -0.4 is 5.73 Å². The third-order valence-electron chi connectivity index (χ3n) is 2.28. The number of ketones is 1. The minimum atomic E-state index is 0.0735. The maximum Gasteiger partial charge on any atom is 0.137 e. The molecular formula is C12H15BrClNO. The van der Waals surface area contributed by atoms with Crippen molar-refractivity contribution in [2.24, 2.45) is 5.73 Å². The molecule has 0 aliphatic heterocycles. The van der Waals surface area contributed by atoms with E-state index in [1.165, 1.54) is 0 Å². The molecule has 1 aromatic carbocycles. The summed E-state index contributed by atoms with van der Waals surface area (Å²) in [6.07, 6.45) is 1.63. The number of hydrogen-bond acceptors (Lipinski definition) is 2. The third kappa shape index (κ3) is 4.64. The van der Waals surface area contributed by atoms with Gasteiger partial charge >= 0.3 is 0 Å². The van der Waals surface area contributed by atoms with Crippen LogP contribution in [0.25, 0.3) is 0 Å². The fourth-order valence-corrected chi connectivity index (χ4v) is 2.09. The van der Waals surface area contributed by atoms with Crippen molar-refractivity contribution in [2.75, 3.05) is 0 Å². The second-order valence-electron chi connectivity index (χ2n) is 3.97. The molecule has 1 unspecified atom stereocenters. The van der Waals surface area contributed by atoms with E-state index in [0.717, 1.165) is 16.5 Å². The van der Waals surface area contributed by atoms with E-state index in [0.29, 0.717) is 17.9 Å². The Hall–Kier alpha value is -0.380. The Morgan fingerprint density at radius 3 is 2.81 bits per heavy atom. The monoisotopic (exact) mass is 303 g/mol. The molecule has 1 aromatic rings. The highest BCUT2D eigenvalue weighted by Crippen LogP contribution is 2.22. The van der Waals surface area contributed by atoms with Crippen LogP contribution in [-0.2, 0) is 11.2 Å². The zero-order valence-corrected chi connectivity index (χ0v) is 11.5. The molecule has 88 valence electrons. The van der Waals surface area contributed by atoms with E-state index in [9.17, 15) is 4.79 Å². The Labute approximate surface area is 109 Å². The molecule has 1 atom stereocenters. The van der Waals surface area contributed by atoms with Crippen molar-refractivity contribution in [1.82, 2.24) is 0 Å². The van der Waals surface area contributed by atoms with Crippen molar-refractivity contribution in [3.8, 4) is 0 Å². The summed E-state index contributed by atoms with van der Waals surface area (Å²) in [5.74, 6) is 0.182. The van der Waals surface area contributed by atoms with Crippen LogP contribution in [0, 0.1) is 0 Å². The fraction of sp³-hybridized carbons (Fsp3) is 0.417. The first-order valence-corrected chi connectivity index (χ1v) is 6.37. The minimum absolute atomic E-state index is 0.0735. The Balaban J connectivity index is 2.56. The van der Waals surface area contributed by atoms with Crippen LogP contribution in [0.15, 0.2) is 22.7 Å². The van der Waals surface area contributed by atoms with Gasteiger partial charge in [-0.1, -0.05) is 33.6 Å². The molecule has 1 rings (SSSR count). The van der Waals surface area contributed by atoms with Gasteiger partial charge in [0.25, 0.3) is 0 Å². The quantitative estimate of drug-likeness (QED) is 0.906. The first kappa shape index (κ1) is 13.7. The van der Waals surface area contributed by atoms with Crippen molar-refractivity contribution < 1.29 is 4.79 Å². The van der Waals surface area contributed by atoms with E-state index >= 15 is 0 Å². The van der Waals surface area contributed by atoms with Gasteiger partial charge in [0.2, 0.25) is 0 Å². The highest BCUT2D eigenvalue weighted by Gasteiger charge is 2.08. The number of carbonyl (C=O) groups excluding carboxylic acids is 1. The molecule has 0 fully saturated rings. The SMILES string of the molecule is CC(N)CCC(=O)Cc1ccc(Br)cc1Cl. The highest BCUT2D eigenvalue weighted by atomic mass is 79.9. The summed E-state index contributed by atoms with van der Waals surface area (Å²) in [7, 11) is 0. The summed E-state index contributed by atoms with van der Waals surface area (Å²) in [4.78, 5) is 11.6. The van der Waals surface area contributed by atoms with Crippen LogP contribution in [0.2, 0.25) is 5.02 Å². The van der Waals surface area contributed by atoms with E-state index < -0.39 is 0 Å². The number of hydrogen-bond donors (Lipinski definition) is 1. The van der Waals surface area contributed by atoms with Gasteiger partial charge in [-0.15, -0.1) is 0 Å². The van der Waals surface area contributed by atoms with Crippen molar-refractivity contribution in [2.45, 2.75) is 32.2 Å². The molecule has 2 nitrogen and oxygen atoms in total. The summed E-state index contributed by atoms with van der Waals surface area (Å²) in [6.45, 7) is 1.90. The lowest BCUT2D eigenvalue weighted by Gasteiger charge is -2.06. The number of rotatable bonds is 5. The van der Waals surface area contributed by atoms with Crippen LogP contribution in [0.5, 0.6) is 0 Å². The molecular weight excluding hydrogens is 289 g/mol. The van der Waals surface area contributed by atoms with Crippen molar-refractivity contribution in [3.63, 3.8) is 0 Å². The lowest BCUT2D eigenvalue weighted by atomic mass is 10.0.